The van der Waals surface area contributed by atoms with Gasteiger partial charge < -0.3 is 14.5 Å². The number of aryl methyl sites for hydroxylation is 1. The van der Waals surface area contributed by atoms with E-state index in [-0.39, 0.29) is 17.5 Å². The number of ketones is 1. The van der Waals surface area contributed by atoms with Gasteiger partial charge in [0.2, 0.25) is 5.78 Å². The van der Waals surface area contributed by atoms with Crippen molar-refractivity contribution in [1.82, 2.24) is 0 Å². The van der Waals surface area contributed by atoms with Crippen molar-refractivity contribution in [2.75, 3.05) is 12.4 Å². The molecule has 4 rings (SSSR count). The second-order valence-corrected chi connectivity index (χ2v) is 7.61. The molecule has 0 aliphatic rings. The molecule has 0 atom stereocenters. The first kappa shape index (κ1) is 19.9. The summed E-state index contributed by atoms with van der Waals surface area (Å²) in [6.45, 7) is 1.84. The number of benzene rings is 3. The molecule has 1 amide bonds. The Hall–Kier alpha value is -3.38. The molecule has 30 heavy (non-hydrogen) atoms. The van der Waals surface area contributed by atoms with Crippen molar-refractivity contribution in [2.24, 2.45) is 0 Å². The first-order valence-corrected chi connectivity index (χ1v) is 10.0. The predicted molar refractivity (Wildman–Crippen MR) is 119 cm³/mol. The van der Waals surface area contributed by atoms with Gasteiger partial charge in [0.25, 0.3) is 5.91 Å². The normalized spacial score (nSPS) is 10.8. The zero-order valence-corrected chi connectivity index (χ0v) is 17.9. The minimum atomic E-state index is -0.225. The summed E-state index contributed by atoms with van der Waals surface area (Å²) in [6.07, 6.45) is 0. The number of carbonyl (C=O) groups excluding carboxylic acids is 2. The molecule has 6 heteroatoms. The van der Waals surface area contributed by atoms with Crippen LogP contribution >= 0.6 is 15.9 Å². The fourth-order valence-electron chi connectivity index (χ4n) is 3.23. The lowest BCUT2D eigenvalue weighted by molar-refractivity contribution is 0.101. The van der Waals surface area contributed by atoms with E-state index in [1.807, 2.05) is 25.1 Å². The Balaban J connectivity index is 1.64. The number of methoxy groups -OCH3 is 1. The number of hydrogen-bond acceptors (Lipinski definition) is 4. The largest absolute Gasteiger partial charge is 0.497 e. The van der Waals surface area contributed by atoms with Gasteiger partial charge in [-0.2, -0.15) is 0 Å². The number of fused-ring (bicyclic) bond motifs is 1. The molecule has 5 nitrogen and oxygen atoms in total. The van der Waals surface area contributed by atoms with Gasteiger partial charge in [-0.1, -0.05) is 12.1 Å². The Morgan fingerprint density at radius 3 is 2.43 bits per heavy atom. The molecular weight excluding hydrogens is 446 g/mol. The molecular formula is C24H18BrNO4. The van der Waals surface area contributed by atoms with Gasteiger partial charge in [0, 0.05) is 26.7 Å². The number of carbonyl (C=O) groups is 2. The van der Waals surface area contributed by atoms with Crippen LogP contribution in [0.3, 0.4) is 0 Å². The first-order valence-electron chi connectivity index (χ1n) is 9.25. The van der Waals surface area contributed by atoms with Crippen LogP contribution in [0.5, 0.6) is 5.75 Å². The van der Waals surface area contributed by atoms with Crippen LogP contribution in [0.15, 0.2) is 75.6 Å². The minimum absolute atomic E-state index is 0.204. The zero-order chi connectivity index (χ0) is 21.3. The molecule has 0 fully saturated rings. The van der Waals surface area contributed by atoms with Crippen LogP contribution in [-0.2, 0) is 0 Å². The van der Waals surface area contributed by atoms with Crippen molar-refractivity contribution in [3.63, 3.8) is 0 Å². The van der Waals surface area contributed by atoms with Gasteiger partial charge in [-0.25, -0.2) is 0 Å². The summed E-state index contributed by atoms with van der Waals surface area (Å²) >= 11 is 3.39. The van der Waals surface area contributed by atoms with Gasteiger partial charge in [-0.15, -0.1) is 0 Å². The summed E-state index contributed by atoms with van der Waals surface area (Å²) in [7, 11) is 1.58. The molecule has 0 radical (unpaired) electrons. The maximum Gasteiger partial charge on any atom is 0.256 e. The minimum Gasteiger partial charge on any atom is -0.497 e. The highest BCUT2D eigenvalue weighted by Crippen LogP contribution is 2.30. The third-order valence-corrected chi connectivity index (χ3v) is 5.56. The van der Waals surface area contributed by atoms with E-state index in [0.717, 1.165) is 15.4 Å². The maximum atomic E-state index is 12.9. The molecule has 0 saturated carbocycles. The zero-order valence-electron chi connectivity index (χ0n) is 16.4. The lowest BCUT2D eigenvalue weighted by Crippen LogP contribution is -2.12. The summed E-state index contributed by atoms with van der Waals surface area (Å²) in [4.78, 5) is 25.5. The second-order valence-electron chi connectivity index (χ2n) is 6.76. The van der Waals surface area contributed by atoms with E-state index in [2.05, 4.69) is 21.2 Å². The summed E-state index contributed by atoms with van der Waals surface area (Å²) in [5, 5.41) is 3.67. The Morgan fingerprint density at radius 2 is 1.73 bits per heavy atom. The highest BCUT2D eigenvalue weighted by Gasteiger charge is 2.20. The van der Waals surface area contributed by atoms with E-state index in [4.69, 9.17) is 9.15 Å². The van der Waals surface area contributed by atoms with Crippen molar-refractivity contribution in [3.05, 3.63) is 93.7 Å². The number of amides is 1. The van der Waals surface area contributed by atoms with Crippen LogP contribution in [-0.4, -0.2) is 18.8 Å². The van der Waals surface area contributed by atoms with Crippen LogP contribution in [0.25, 0.3) is 11.0 Å². The highest BCUT2D eigenvalue weighted by atomic mass is 79.9. The van der Waals surface area contributed by atoms with Crippen molar-refractivity contribution < 1.29 is 18.7 Å². The van der Waals surface area contributed by atoms with Crippen LogP contribution in [0.4, 0.5) is 5.69 Å². The molecule has 1 N–H and O–H groups in total. The standard InChI is InChI=1S/C24H18BrNO4/c1-14-19-13-16(26-24(28)18-5-3-4-6-20(18)25)9-12-21(19)30-23(14)22(27)15-7-10-17(29-2)11-8-15/h3-13H,1-2H3,(H,26,28). The van der Waals surface area contributed by atoms with Gasteiger partial charge in [0.15, 0.2) is 5.76 Å². The topological polar surface area (TPSA) is 68.5 Å². The SMILES string of the molecule is COc1ccc(C(=O)c2oc3ccc(NC(=O)c4ccccc4Br)cc3c2C)cc1. The summed E-state index contributed by atoms with van der Waals surface area (Å²) in [5.41, 5.74) is 2.99. The molecule has 0 saturated heterocycles. The van der Waals surface area contributed by atoms with E-state index >= 15 is 0 Å². The first-order chi connectivity index (χ1) is 14.5. The Labute approximate surface area is 181 Å². The van der Waals surface area contributed by atoms with Gasteiger partial charge in [-0.3, -0.25) is 9.59 Å². The van der Waals surface area contributed by atoms with Gasteiger partial charge >= 0.3 is 0 Å². The molecule has 1 aromatic heterocycles. The molecule has 0 aliphatic carbocycles. The highest BCUT2D eigenvalue weighted by molar-refractivity contribution is 9.10. The van der Waals surface area contributed by atoms with Crippen molar-refractivity contribution in [3.8, 4) is 5.75 Å². The lowest BCUT2D eigenvalue weighted by atomic mass is 10.0. The number of hydrogen-bond donors (Lipinski definition) is 1. The fraction of sp³-hybridized carbons (Fsp3) is 0.0833. The van der Waals surface area contributed by atoms with Crippen molar-refractivity contribution in [1.29, 1.82) is 0 Å². The molecule has 0 spiro atoms. The Bertz CT molecular complexity index is 1260. The average molecular weight is 464 g/mol. The van der Waals surface area contributed by atoms with Crippen LogP contribution in [0, 0.1) is 6.92 Å². The number of furan rings is 1. The number of anilines is 1. The molecule has 3 aromatic carbocycles. The average Bonchev–Trinajstić information content (AvgIpc) is 3.09. The molecule has 0 unspecified atom stereocenters. The van der Waals surface area contributed by atoms with Gasteiger partial charge in [-0.05, 0) is 77.5 Å². The van der Waals surface area contributed by atoms with Crippen molar-refractivity contribution >= 4 is 44.3 Å². The number of halogens is 1. The van der Waals surface area contributed by atoms with Crippen LogP contribution in [0.2, 0.25) is 0 Å². The Kier molecular flexibility index (Phi) is 5.42. The van der Waals surface area contributed by atoms with E-state index in [9.17, 15) is 9.59 Å². The predicted octanol–water partition coefficient (Wildman–Crippen LogP) is 6.00. The molecule has 0 bridgehead atoms. The van der Waals surface area contributed by atoms with Crippen molar-refractivity contribution in [2.45, 2.75) is 6.92 Å². The molecule has 1 heterocycles. The Morgan fingerprint density at radius 1 is 1.00 bits per heavy atom. The van der Waals surface area contributed by atoms with E-state index < -0.39 is 0 Å². The third-order valence-electron chi connectivity index (χ3n) is 4.87. The van der Waals surface area contributed by atoms with E-state index in [1.165, 1.54) is 0 Å². The summed E-state index contributed by atoms with van der Waals surface area (Å²) < 4.78 is 11.7. The lowest BCUT2D eigenvalue weighted by Gasteiger charge is -2.07. The van der Waals surface area contributed by atoms with Crippen LogP contribution in [0.1, 0.15) is 32.0 Å². The summed E-state index contributed by atoms with van der Waals surface area (Å²) in [5.74, 6) is 0.533. The molecule has 4 aromatic rings. The van der Waals surface area contributed by atoms with Crippen LogP contribution < -0.4 is 10.1 Å². The number of ether oxygens (including phenoxy) is 1. The van der Waals surface area contributed by atoms with Gasteiger partial charge in [0.1, 0.15) is 11.3 Å². The molecule has 0 aliphatic heterocycles. The summed E-state index contributed by atoms with van der Waals surface area (Å²) in [6, 6.07) is 19.4. The van der Waals surface area contributed by atoms with Gasteiger partial charge in [0.05, 0.1) is 12.7 Å². The van der Waals surface area contributed by atoms with E-state index in [0.29, 0.717) is 28.1 Å². The number of rotatable bonds is 5. The molecule has 150 valence electrons. The number of nitrogens with one attached hydrogen (secondary N) is 1. The second kappa shape index (κ2) is 8.16. The smallest absolute Gasteiger partial charge is 0.256 e. The third kappa shape index (κ3) is 3.74. The quantitative estimate of drug-likeness (QED) is 0.368. The fourth-order valence-corrected chi connectivity index (χ4v) is 3.70. The van der Waals surface area contributed by atoms with E-state index in [1.54, 1.807) is 55.6 Å². The monoisotopic (exact) mass is 463 g/mol. The maximum absolute atomic E-state index is 12.9.